The number of carbonyl (C=O) groups excluding carboxylic acids is 3. The Morgan fingerprint density at radius 3 is 2.43 bits per heavy atom. The van der Waals surface area contributed by atoms with Crippen molar-refractivity contribution in [3.63, 3.8) is 0 Å². The number of rotatable bonds is 3. The van der Waals surface area contributed by atoms with E-state index >= 15 is 0 Å². The number of likely N-dealkylation sites (tertiary alicyclic amines) is 1. The van der Waals surface area contributed by atoms with E-state index in [1.807, 2.05) is 0 Å². The fourth-order valence-corrected chi connectivity index (χ4v) is 4.81. The van der Waals surface area contributed by atoms with Crippen molar-refractivity contribution in [1.29, 1.82) is 0 Å². The van der Waals surface area contributed by atoms with E-state index < -0.39 is 0 Å². The lowest BCUT2D eigenvalue weighted by molar-refractivity contribution is -0.144. The number of fused-ring (bicyclic) bond motifs is 3. The molecule has 1 N–H and O–H groups in total. The average molecular weight is 317 g/mol. The summed E-state index contributed by atoms with van der Waals surface area (Å²) >= 11 is 0. The molecule has 3 saturated carbocycles. The number of nitrogens with zero attached hydrogens (tertiary/aromatic N) is 2. The number of hydrogen-bond donors (Lipinski definition) is 1. The maximum Gasteiger partial charge on any atom is 0.260 e. The van der Waals surface area contributed by atoms with E-state index in [0.29, 0.717) is 12.3 Å². The SMILES string of the molecule is CC1(C)[C@H]2CC[C@]1(C)C(=NNC(=O)CN1C(=O)[C@H]3C[C@H]3C1=O)C2. The Kier molecular flexibility index (Phi) is 2.86. The monoisotopic (exact) mass is 317 g/mol. The molecule has 124 valence electrons. The normalized spacial score (nSPS) is 41.6. The second kappa shape index (κ2) is 4.42. The number of piperidine rings is 1. The molecule has 4 rings (SSSR count). The van der Waals surface area contributed by atoms with Gasteiger partial charge in [0.05, 0.1) is 11.8 Å². The van der Waals surface area contributed by atoms with Crippen molar-refractivity contribution in [3.8, 4) is 0 Å². The van der Waals surface area contributed by atoms with E-state index in [2.05, 4.69) is 31.3 Å². The highest BCUT2D eigenvalue weighted by atomic mass is 16.2. The topological polar surface area (TPSA) is 78.8 Å². The van der Waals surface area contributed by atoms with Crippen LogP contribution in [0.4, 0.5) is 0 Å². The van der Waals surface area contributed by atoms with E-state index in [-0.39, 0.29) is 46.9 Å². The maximum absolute atomic E-state index is 12.1. The van der Waals surface area contributed by atoms with E-state index in [0.717, 1.165) is 23.5 Å². The fourth-order valence-electron chi connectivity index (χ4n) is 4.81. The third kappa shape index (κ3) is 1.86. The number of hydrazone groups is 1. The smallest absolute Gasteiger partial charge is 0.260 e. The first kappa shape index (κ1) is 14.8. The molecule has 4 aliphatic rings. The molecule has 23 heavy (non-hydrogen) atoms. The van der Waals surface area contributed by atoms with Crippen LogP contribution in [0.15, 0.2) is 5.10 Å². The zero-order valence-electron chi connectivity index (χ0n) is 13.9. The van der Waals surface area contributed by atoms with Crippen LogP contribution in [0.25, 0.3) is 0 Å². The summed E-state index contributed by atoms with van der Waals surface area (Å²) in [6, 6.07) is 0. The van der Waals surface area contributed by atoms with Gasteiger partial charge in [0.25, 0.3) is 5.91 Å². The van der Waals surface area contributed by atoms with E-state index in [1.165, 1.54) is 6.42 Å². The van der Waals surface area contributed by atoms with Gasteiger partial charge in [0.2, 0.25) is 11.8 Å². The number of amides is 3. The van der Waals surface area contributed by atoms with Gasteiger partial charge in [-0.3, -0.25) is 19.3 Å². The summed E-state index contributed by atoms with van der Waals surface area (Å²) < 4.78 is 0. The minimum Gasteiger partial charge on any atom is -0.274 e. The highest BCUT2D eigenvalue weighted by Gasteiger charge is 2.60. The van der Waals surface area contributed by atoms with Crippen LogP contribution in [-0.4, -0.2) is 34.9 Å². The lowest BCUT2D eigenvalue weighted by atomic mass is 9.70. The van der Waals surface area contributed by atoms with Crippen LogP contribution in [0.1, 0.15) is 46.5 Å². The van der Waals surface area contributed by atoms with Crippen LogP contribution < -0.4 is 5.43 Å². The van der Waals surface area contributed by atoms with Crippen molar-refractivity contribution in [2.75, 3.05) is 6.54 Å². The lowest BCUT2D eigenvalue weighted by Gasteiger charge is -2.34. The van der Waals surface area contributed by atoms with E-state index in [1.54, 1.807) is 0 Å². The summed E-state index contributed by atoms with van der Waals surface area (Å²) in [5.74, 6) is -0.480. The second-order valence-electron chi connectivity index (χ2n) is 8.30. The van der Waals surface area contributed by atoms with Gasteiger partial charge < -0.3 is 0 Å². The second-order valence-corrected chi connectivity index (χ2v) is 8.30. The third-order valence-corrected chi connectivity index (χ3v) is 7.09. The zero-order chi connectivity index (χ0) is 16.6. The van der Waals surface area contributed by atoms with Crippen LogP contribution in [0.2, 0.25) is 0 Å². The predicted molar refractivity (Wildman–Crippen MR) is 83.1 cm³/mol. The first-order chi connectivity index (χ1) is 10.8. The molecular formula is C17H23N3O3. The molecule has 0 radical (unpaired) electrons. The van der Waals surface area contributed by atoms with E-state index in [9.17, 15) is 14.4 Å². The quantitative estimate of drug-likeness (QED) is 0.629. The molecule has 6 nitrogen and oxygen atoms in total. The fraction of sp³-hybridized carbons (Fsp3) is 0.765. The van der Waals surface area contributed by atoms with Crippen LogP contribution in [0, 0.1) is 28.6 Å². The van der Waals surface area contributed by atoms with Gasteiger partial charge in [-0.1, -0.05) is 20.8 Å². The van der Waals surface area contributed by atoms with Crippen molar-refractivity contribution in [3.05, 3.63) is 0 Å². The Balaban J connectivity index is 1.41. The third-order valence-electron chi connectivity index (χ3n) is 7.09. The van der Waals surface area contributed by atoms with Crippen molar-refractivity contribution < 1.29 is 14.4 Å². The van der Waals surface area contributed by atoms with Crippen molar-refractivity contribution in [2.45, 2.75) is 46.5 Å². The molecule has 6 heteroatoms. The van der Waals surface area contributed by atoms with Gasteiger partial charge in [-0.05, 0) is 37.0 Å². The van der Waals surface area contributed by atoms with Gasteiger partial charge in [-0.2, -0.15) is 5.10 Å². The first-order valence-corrected chi connectivity index (χ1v) is 8.47. The van der Waals surface area contributed by atoms with Gasteiger partial charge in [0.1, 0.15) is 6.54 Å². The van der Waals surface area contributed by atoms with Gasteiger partial charge in [0, 0.05) is 11.1 Å². The summed E-state index contributed by atoms with van der Waals surface area (Å²) in [5, 5.41) is 4.36. The molecule has 0 aromatic heterocycles. The van der Waals surface area contributed by atoms with Gasteiger partial charge >= 0.3 is 0 Å². The van der Waals surface area contributed by atoms with Gasteiger partial charge in [0.15, 0.2) is 0 Å². The molecule has 0 aromatic rings. The Bertz CT molecular complexity index is 633. The average Bonchev–Trinajstić information content (AvgIpc) is 3.18. The molecule has 0 unspecified atom stereocenters. The number of imide groups is 1. The van der Waals surface area contributed by atoms with Gasteiger partial charge in [-0.15, -0.1) is 0 Å². The Hall–Kier alpha value is -1.72. The minimum atomic E-state index is -0.385. The standard InChI is InChI=1S/C17H23N3O3/c1-16(2)9-4-5-17(16,3)12(6-9)18-19-13(21)8-20-14(22)10-7-11(10)15(20)23/h9-11H,4-8H2,1-3H3,(H,19,21)/t9-,10-,11+,17+/m0/s1. The van der Waals surface area contributed by atoms with Crippen LogP contribution >= 0.6 is 0 Å². The van der Waals surface area contributed by atoms with Crippen LogP contribution in [-0.2, 0) is 14.4 Å². The Labute approximate surface area is 135 Å². The molecule has 3 amide bonds. The van der Waals surface area contributed by atoms with E-state index in [4.69, 9.17) is 0 Å². The molecule has 4 fully saturated rings. The molecule has 1 aliphatic heterocycles. The summed E-state index contributed by atoms with van der Waals surface area (Å²) in [6.45, 7) is 6.59. The molecule has 2 bridgehead atoms. The van der Waals surface area contributed by atoms with Crippen molar-refractivity contribution >= 4 is 23.4 Å². The Morgan fingerprint density at radius 2 is 1.91 bits per heavy atom. The first-order valence-electron chi connectivity index (χ1n) is 8.47. The minimum absolute atomic E-state index is 0.0336. The predicted octanol–water partition coefficient (Wildman–Crippen LogP) is 1.31. The maximum atomic E-state index is 12.1. The van der Waals surface area contributed by atoms with Crippen molar-refractivity contribution in [1.82, 2.24) is 10.3 Å². The summed E-state index contributed by atoms with van der Waals surface area (Å²) in [4.78, 5) is 36.9. The molecule has 1 saturated heterocycles. The lowest BCUT2D eigenvalue weighted by Crippen LogP contribution is -2.41. The highest BCUT2D eigenvalue weighted by molar-refractivity contribution is 6.10. The molecule has 3 aliphatic carbocycles. The molecule has 1 heterocycles. The molecular weight excluding hydrogens is 294 g/mol. The molecule has 0 spiro atoms. The number of hydrogen-bond acceptors (Lipinski definition) is 4. The summed E-state index contributed by atoms with van der Waals surface area (Å²) in [6.07, 6.45) is 3.91. The number of nitrogens with one attached hydrogen (secondary N) is 1. The zero-order valence-corrected chi connectivity index (χ0v) is 13.9. The largest absolute Gasteiger partial charge is 0.274 e. The Morgan fingerprint density at radius 1 is 1.26 bits per heavy atom. The van der Waals surface area contributed by atoms with Crippen molar-refractivity contribution in [2.24, 2.45) is 33.7 Å². The van der Waals surface area contributed by atoms with Crippen LogP contribution in [0.5, 0.6) is 0 Å². The number of carbonyl (C=O) groups is 3. The molecule has 0 aromatic carbocycles. The summed E-state index contributed by atoms with van der Waals surface area (Å²) in [5.41, 5.74) is 3.86. The summed E-state index contributed by atoms with van der Waals surface area (Å²) in [7, 11) is 0. The van der Waals surface area contributed by atoms with Crippen LogP contribution in [0.3, 0.4) is 0 Å². The van der Waals surface area contributed by atoms with Gasteiger partial charge in [-0.25, -0.2) is 5.43 Å². The molecule has 4 atom stereocenters. The highest BCUT2D eigenvalue weighted by Crippen LogP contribution is 2.63.